The Hall–Kier alpha value is -3.41. The zero-order valence-electron chi connectivity index (χ0n) is 18.1. The van der Waals surface area contributed by atoms with Crippen molar-refractivity contribution in [3.05, 3.63) is 70.5 Å². The van der Waals surface area contributed by atoms with Crippen molar-refractivity contribution in [2.24, 2.45) is 7.05 Å². The molecule has 4 rings (SSSR count). The molecule has 1 aliphatic rings. The van der Waals surface area contributed by atoms with Crippen LogP contribution in [0.1, 0.15) is 35.2 Å². The number of allylic oxidation sites excluding steroid dienone is 1. The lowest BCUT2D eigenvalue weighted by Crippen LogP contribution is -2.42. The van der Waals surface area contributed by atoms with E-state index in [4.69, 9.17) is 15.0 Å². The number of aryl methyl sites for hydroxylation is 1. The number of aromatic nitrogens is 2. The second kappa shape index (κ2) is 9.81. The van der Waals surface area contributed by atoms with Crippen LogP contribution in [0.4, 0.5) is 5.13 Å². The number of anilines is 1. The molecule has 1 unspecified atom stereocenters. The summed E-state index contributed by atoms with van der Waals surface area (Å²) in [5, 5.41) is 18.5. The van der Waals surface area contributed by atoms with Crippen LogP contribution in [-0.2, 0) is 11.8 Å². The number of ether oxygens (including phenoxy) is 1. The number of benzene rings is 1. The van der Waals surface area contributed by atoms with Gasteiger partial charge in [0.15, 0.2) is 5.13 Å². The van der Waals surface area contributed by atoms with Crippen LogP contribution in [0.5, 0.6) is 0 Å². The number of amides is 1. The van der Waals surface area contributed by atoms with Crippen LogP contribution < -0.4 is 10.6 Å². The molecule has 2 N–H and O–H groups in total. The molecule has 2 aromatic heterocycles. The monoisotopic (exact) mass is 447 g/mol. The number of nitrogens with one attached hydrogen (secondary N) is 2. The lowest BCUT2D eigenvalue weighted by Gasteiger charge is -2.28. The van der Waals surface area contributed by atoms with Crippen molar-refractivity contribution >= 4 is 22.4 Å². The van der Waals surface area contributed by atoms with Crippen LogP contribution in [0.2, 0.25) is 0 Å². The minimum Gasteiger partial charge on any atom is -0.382 e. The van der Waals surface area contributed by atoms with Gasteiger partial charge in [0.05, 0.1) is 35.5 Å². The zero-order valence-corrected chi connectivity index (χ0v) is 18.9. The van der Waals surface area contributed by atoms with E-state index in [0.29, 0.717) is 17.7 Å². The largest absolute Gasteiger partial charge is 0.382 e. The van der Waals surface area contributed by atoms with Gasteiger partial charge in [-0.05, 0) is 43.0 Å². The van der Waals surface area contributed by atoms with Gasteiger partial charge in [-0.15, -0.1) is 11.3 Å². The van der Waals surface area contributed by atoms with Crippen LogP contribution in [-0.4, -0.2) is 35.2 Å². The minimum absolute atomic E-state index is 0.139. The van der Waals surface area contributed by atoms with Gasteiger partial charge in [-0.3, -0.25) is 4.79 Å². The van der Waals surface area contributed by atoms with Crippen molar-refractivity contribution in [2.45, 2.75) is 25.3 Å². The van der Waals surface area contributed by atoms with E-state index in [1.165, 1.54) is 16.9 Å². The van der Waals surface area contributed by atoms with Gasteiger partial charge in [0.25, 0.3) is 5.91 Å². The fourth-order valence-corrected chi connectivity index (χ4v) is 4.35. The summed E-state index contributed by atoms with van der Waals surface area (Å²) in [7, 11) is 3.52. The molecule has 7 nitrogen and oxygen atoms in total. The minimum atomic E-state index is -0.308. The van der Waals surface area contributed by atoms with Crippen molar-refractivity contribution in [3.63, 3.8) is 0 Å². The molecule has 3 aromatic rings. The second-order valence-corrected chi connectivity index (χ2v) is 8.63. The Morgan fingerprint density at radius 1 is 1.38 bits per heavy atom. The smallest absolute Gasteiger partial charge is 0.253 e. The molecule has 0 radical (unpaired) electrons. The highest BCUT2D eigenvalue weighted by atomic mass is 32.1. The van der Waals surface area contributed by atoms with Crippen molar-refractivity contribution in [2.75, 3.05) is 19.0 Å². The fraction of sp³-hybridized carbons (Fsp3) is 0.292. The Balaban J connectivity index is 1.56. The molecule has 8 heteroatoms. The molecular weight excluding hydrogens is 422 g/mol. The van der Waals surface area contributed by atoms with E-state index in [1.807, 2.05) is 41.4 Å². The average Bonchev–Trinajstić information content (AvgIpc) is 3.41. The molecule has 1 atom stereocenters. The third kappa shape index (κ3) is 4.90. The van der Waals surface area contributed by atoms with Crippen LogP contribution in [0.3, 0.4) is 0 Å². The summed E-state index contributed by atoms with van der Waals surface area (Å²) in [5.74, 6) is -0.139. The molecular formula is C24H25N5O2S. The lowest BCUT2D eigenvalue weighted by molar-refractivity contribution is 0.0911. The van der Waals surface area contributed by atoms with Gasteiger partial charge in [0.1, 0.15) is 0 Å². The summed E-state index contributed by atoms with van der Waals surface area (Å²) < 4.78 is 7.29. The summed E-state index contributed by atoms with van der Waals surface area (Å²) in [6.07, 6.45) is 6.77. The summed E-state index contributed by atoms with van der Waals surface area (Å²) >= 11 is 1.50. The first-order valence-electron chi connectivity index (χ1n) is 10.4. The summed E-state index contributed by atoms with van der Waals surface area (Å²) in [4.78, 5) is 17.5. The van der Waals surface area contributed by atoms with E-state index in [2.05, 4.69) is 16.7 Å². The molecule has 1 saturated carbocycles. The highest BCUT2D eigenvalue weighted by Crippen LogP contribution is 2.33. The number of nitriles is 1. The molecule has 0 aliphatic heterocycles. The molecule has 1 aliphatic carbocycles. The molecule has 0 spiro atoms. The topological polar surface area (TPSA) is 92.0 Å². The quantitative estimate of drug-likeness (QED) is 0.537. The molecule has 0 bridgehead atoms. The molecule has 1 aromatic carbocycles. The first-order valence-corrected chi connectivity index (χ1v) is 11.3. The first kappa shape index (κ1) is 21.8. The number of hydrogen-bond donors (Lipinski definition) is 2. The highest BCUT2D eigenvalue weighted by molar-refractivity contribution is 7.14. The van der Waals surface area contributed by atoms with E-state index < -0.39 is 0 Å². The van der Waals surface area contributed by atoms with E-state index in [-0.39, 0.29) is 11.9 Å². The van der Waals surface area contributed by atoms with E-state index >= 15 is 0 Å². The molecule has 164 valence electrons. The highest BCUT2D eigenvalue weighted by Gasteiger charge is 2.25. The lowest BCUT2D eigenvalue weighted by atomic mass is 9.88. The van der Waals surface area contributed by atoms with E-state index in [9.17, 15) is 4.79 Å². The third-order valence-electron chi connectivity index (χ3n) is 5.45. The Labute approximate surface area is 191 Å². The molecule has 1 amide bonds. The number of methoxy groups -OCH3 is 1. The summed E-state index contributed by atoms with van der Waals surface area (Å²) in [6.45, 7) is 0.354. The molecule has 2 heterocycles. The maximum Gasteiger partial charge on any atom is 0.253 e. The predicted octanol–water partition coefficient (Wildman–Crippen LogP) is 4.32. The second-order valence-electron chi connectivity index (χ2n) is 7.77. The average molecular weight is 448 g/mol. The van der Waals surface area contributed by atoms with Gasteiger partial charge in [-0.1, -0.05) is 12.1 Å². The van der Waals surface area contributed by atoms with E-state index in [0.717, 1.165) is 41.3 Å². The normalized spacial score (nSPS) is 13.7. The van der Waals surface area contributed by atoms with Crippen molar-refractivity contribution in [1.29, 1.82) is 5.26 Å². The Bertz CT molecular complexity index is 1180. The van der Waals surface area contributed by atoms with Crippen LogP contribution in [0.25, 0.3) is 11.3 Å². The number of carbonyl (C=O) groups is 1. The molecule has 1 fully saturated rings. The van der Waals surface area contributed by atoms with Gasteiger partial charge in [0, 0.05) is 43.2 Å². The van der Waals surface area contributed by atoms with Gasteiger partial charge < -0.3 is 19.9 Å². The number of hydrogen-bond acceptors (Lipinski definition) is 6. The maximum atomic E-state index is 12.8. The Kier molecular flexibility index (Phi) is 6.69. The Morgan fingerprint density at radius 3 is 2.88 bits per heavy atom. The van der Waals surface area contributed by atoms with Gasteiger partial charge in [-0.2, -0.15) is 5.26 Å². The number of thiazole rings is 1. The standard InChI is InChI=1S/C24H25N5O2S/c1-29-10-9-19(13-29)23(30)26-20(14-31-2)22(17-6-4-7-17)28-24-27-21(15-32-24)18-8-3-5-16(11-18)12-25/h3,5,8-11,13,15,20H,4,6-7,14H2,1-2H3,(H,26,30)(H,27,28). The van der Waals surface area contributed by atoms with Crippen LogP contribution >= 0.6 is 11.3 Å². The van der Waals surface area contributed by atoms with Crippen LogP contribution in [0.15, 0.2) is 59.4 Å². The summed E-state index contributed by atoms with van der Waals surface area (Å²) in [5.41, 5.74) is 5.16. The third-order valence-corrected chi connectivity index (χ3v) is 6.21. The van der Waals surface area contributed by atoms with Crippen molar-refractivity contribution in [3.8, 4) is 17.3 Å². The molecule has 0 saturated heterocycles. The van der Waals surface area contributed by atoms with Crippen LogP contribution in [0, 0.1) is 11.3 Å². The SMILES string of the molecule is COCC(NC(=O)c1ccn(C)c1)C(Nc1nc(-c2cccc(C#N)c2)cs1)=C1CCC1. The number of rotatable bonds is 8. The van der Waals surface area contributed by atoms with E-state index in [1.54, 1.807) is 25.4 Å². The number of carbonyl (C=O) groups excluding carboxylic acids is 1. The van der Waals surface area contributed by atoms with Crippen molar-refractivity contribution < 1.29 is 9.53 Å². The molecule has 32 heavy (non-hydrogen) atoms. The predicted molar refractivity (Wildman–Crippen MR) is 125 cm³/mol. The maximum absolute atomic E-state index is 12.8. The van der Waals surface area contributed by atoms with Gasteiger partial charge in [0.2, 0.25) is 0 Å². The summed E-state index contributed by atoms with van der Waals surface area (Å²) in [6, 6.07) is 11.1. The number of nitrogens with zero attached hydrogens (tertiary/aromatic N) is 3. The fourth-order valence-electron chi connectivity index (χ4n) is 3.61. The van der Waals surface area contributed by atoms with Gasteiger partial charge in [-0.25, -0.2) is 4.98 Å². The van der Waals surface area contributed by atoms with Crippen molar-refractivity contribution in [1.82, 2.24) is 14.9 Å². The zero-order chi connectivity index (χ0) is 22.5. The Morgan fingerprint density at radius 2 is 2.22 bits per heavy atom. The van der Waals surface area contributed by atoms with Gasteiger partial charge >= 0.3 is 0 Å². The first-order chi connectivity index (χ1) is 15.6.